The monoisotopic (exact) mass is 381 g/mol. The van der Waals surface area contributed by atoms with E-state index in [1.807, 2.05) is 12.1 Å². The molecule has 0 fully saturated rings. The molecule has 19 heavy (non-hydrogen) atoms. The molecule has 4 N–H and O–H groups in total. The number of aromatic amines is 1. The maximum absolute atomic E-state index is 9.47. The Bertz CT molecular complexity index is 783. The molecule has 3 rings (SSSR count). The molecule has 3 aromatic rings. The molecular formula is C13H9Br2N3O. The predicted molar refractivity (Wildman–Crippen MR) is 83.0 cm³/mol. The van der Waals surface area contributed by atoms with E-state index in [-0.39, 0.29) is 5.75 Å². The average molecular weight is 383 g/mol. The number of benzene rings is 2. The summed E-state index contributed by atoms with van der Waals surface area (Å²) in [5.41, 5.74) is 9.03. The minimum absolute atomic E-state index is 0.200. The van der Waals surface area contributed by atoms with Gasteiger partial charge >= 0.3 is 0 Å². The number of H-pyrrole nitrogens is 1. The van der Waals surface area contributed by atoms with Gasteiger partial charge in [-0.05, 0) is 40.2 Å². The Balaban J connectivity index is 2.24. The van der Waals surface area contributed by atoms with E-state index in [0.29, 0.717) is 11.5 Å². The standard InChI is InChI=1S/C13H9Br2N3O/c14-6-3-8(12(16)9(15)4-6)13-17-10-2-1-7(19)5-11(10)18-13/h1-5,19H,16H2,(H,17,18). The number of phenols is 1. The van der Waals surface area contributed by atoms with Crippen LogP contribution in [-0.2, 0) is 0 Å². The highest BCUT2D eigenvalue weighted by molar-refractivity contribution is 9.11. The fraction of sp³-hybridized carbons (Fsp3) is 0. The zero-order valence-electron chi connectivity index (χ0n) is 9.61. The number of imidazole rings is 1. The second-order valence-electron chi connectivity index (χ2n) is 4.14. The van der Waals surface area contributed by atoms with Gasteiger partial charge in [0.25, 0.3) is 0 Å². The first-order valence-electron chi connectivity index (χ1n) is 5.48. The van der Waals surface area contributed by atoms with Gasteiger partial charge in [-0.15, -0.1) is 0 Å². The topological polar surface area (TPSA) is 74.9 Å². The second-order valence-corrected chi connectivity index (χ2v) is 5.91. The largest absolute Gasteiger partial charge is 0.508 e. The van der Waals surface area contributed by atoms with Gasteiger partial charge in [-0.3, -0.25) is 0 Å². The number of fused-ring (bicyclic) bond motifs is 1. The third-order valence-electron chi connectivity index (χ3n) is 2.81. The molecule has 4 nitrogen and oxygen atoms in total. The van der Waals surface area contributed by atoms with Crippen LogP contribution in [0.4, 0.5) is 5.69 Å². The van der Waals surface area contributed by atoms with Gasteiger partial charge in [-0.25, -0.2) is 4.98 Å². The molecule has 6 heteroatoms. The van der Waals surface area contributed by atoms with Gasteiger partial charge < -0.3 is 15.8 Å². The third kappa shape index (κ3) is 2.21. The van der Waals surface area contributed by atoms with Crippen LogP contribution in [-0.4, -0.2) is 15.1 Å². The molecule has 1 heterocycles. The van der Waals surface area contributed by atoms with Gasteiger partial charge in [-0.2, -0.15) is 0 Å². The first kappa shape index (κ1) is 12.5. The van der Waals surface area contributed by atoms with Crippen molar-refractivity contribution in [3.05, 3.63) is 39.3 Å². The summed E-state index contributed by atoms with van der Waals surface area (Å²) in [5.74, 6) is 0.867. The van der Waals surface area contributed by atoms with Crippen molar-refractivity contribution < 1.29 is 5.11 Å². The molecule has 0 bridgehead atoms. The van der Waals surface area contributed by atoms with Gasteiger partial charge in [0.1, 0.15) is 11.6 Å². The predicted octanol–water partition coefficient (Wildman–Crippen LogP) is 4.04. The smallest absolute Gasteiger partial charge is 0.140 e. The molecule has 0 radical (unpaired) electrons. The zero-order valence-corrected chi connectivity index (χ0v) is 12.8. The first-order chi connectivity index (χ1) is 9.04. The third-order valence-corrected chi connectivity index (χ3v) is 3.93. The highest BCUT2D eigenvalue weighted by atomic mass is 79.9. The maximum Gasteiger partial charge on any atom is 0.140 e. The van der Waals surface area contributed by atoms with Crippen LogP contribution >= 0.6 is 31.9 Å². The van der Waals surface area contributed by atoms with Crippen molar-refractivity contribution in [1.29, 1.82) is 0 Å². The van der Waals surface area contributed by atoms with E-state index in [2.05, 4.69) is 41.8 Å². The summed E-state index contributed by atoms with van der Waals surface area (Å²) >= 11 is 6.85. The van der Waals surface area contributed by atoms with Gasteiger partial charge in [0.2, 0.25) is 0 Å². The fourth-order valence-corrected chi connectivity index (χ4v) is 3.13. The number of rotatable bonds is 1. The lowest BCUT2D eigenvalue weighted by molar-refractivity contribution is 0.476. The van der Waals surface area contributed by atoms with Crippen LogP contribution in [0.1, 0.15) is 0 Å². The summed E-state index contributed by atoms with van der Waals surface area (Å²) in [7, 11) is 0. The Kier molecular flexibility index (Phi) is 2.99. The minimum atomic E-state index is 0.200. The highest BCUT2D eigenvalue weighted by Crippen LogP contribution is 2.34. The Morgan fingerprint density at radius 3 is 2.74 bits per heavy atom. The summed E-state index contributed by atoms with van der Waals surface area (Å²) in [6, 6.07) is 8.78. The number of nitrogens with one attached hydrogen (secondary N) is 1. The lowest BCUT2D eigenvalue weighted by atomic mass is 10.2. The molecule has 0 aliphatic heterocycles. The van der Waals surface area contributed by atoms with Crippen LogP contribution in [0.3, 0.4) is 0 Å². The number of hydrogen-bond donors (Lipinski definition) is 3. The van der Waals surface area contributed by atoms with Crippen LogP contribution in [0.15, 0.2) is 39.3 Å². The normalized spacial score (nSPS) is 11.1. The summed E-state index contributed by atoms with van der Waals surface area (Å²) < 4.78 is 1.71. The molecule has 0 aliphatic carbocycles. The molecule has 0 spiro atoms. The lowest BCUT2D eigenvalue weighted by Gasteiger charge is -2.05. The first-order valence-corrected chi connectivity index (χ1v) is 7.07. The number of anilines is 1. The van der Waals surface area contributed by atoms with E-state index in [1.54, 1.807) is 18.2 Å². The van der Waals surface area contributed by atoms with Crippen molar-refractivity contribution in [3.63, 3.8) is 0 Å². The average Bonchev–Trinajstić information content (AvgIpc) is 2.76. The molecule has 0 saturated carbocycles. The molecule has 2 aromatic carbocycles. The fourth-order valence-electron chi connectivity index (χ4n) is 1.91. The van der Waals surface area contributed by atoms with E-state index in [0.717, 1.165) is 25.5 Å². The van der Waals surface area contributed by atoms with Crippen LogP contribution in [0, 0.1) is 0 Å². The van der Waals surface area contributed by atoms with E-state index in [9.17, 15) is 5.11 Å². The number of aromatic nitrogens is 2. The lowest BCUT2D eigenvalue weighted by Crippen LogP contribution is -1.93. The SMILES string of the molecule is Nc1c(Br)cc(Br)cc1-c1nc2ccc(O)cc2[nH]1. The summed E-state index contributed by atoms with van der Waals surface area (Å²) in [6.07, 6.45) is 0. The van der Waals surface area contributed by atoms with Crippen LogP contribution in [0.2, 0.25) is 0 Å². The maximum atomic E-state index is 9.47. The van der Waals surface area contributed by atoms with Gasteiger partial charge in [0.15, 0.2) is 0 Å². The van der Waals surface area contributed by atoms with Crippen molar-refractivity contribution in [2.24, 2.45) is 0 Å². The Hall–Kier alpha value is -1.53. The number of nitrogens with two attached hydrogens (primary N) is 1. The molecule has 1 aromatic heterocycles. The van der Waals surface area contributed by atoms with Crippen molar-refractivity contribution in [3.8, 4) is 17.1 Å². The van der Waals surface area contributed by atoms with E-state index in [4.69, 9.17) is 5.73 Å². The van der Waals surface area contributed by atoms with E-state index in [1.165, 1.54) is 0 Å². The van der Waals surface area contributed by atoms with E-state index >= 15 is 0 Å². The van der Waals surface area contributed by atoms with Crippen LogP contribution in [0.5, 0.6) is 5.75 Å². The summed E-state index contributed by atoms with van der Waals surface area (Å²) in [5, 5.41) is 9.47. The van der Waals surface area contributed by atoms with Gasteiger partial charge in [0, 0.05) is 20.6 Å². The molecule has 0 amide bonds. The molecule has 0 unspecified atom stereocenters. The number of nitrogen functional groups attached to an aromatic ring is 1. The van der Waals surface area contributed by atoms with Crippen molar-refractivity contribution >= 4 is 48.6 Å². The number of hydrogen-bond acceptors (Lipinski definition) is 3. The molecule has 0 saturated heterocycles. The highest BCUT2D eigenvalue weighted by Gasteiger charge is 2.12. The molecule has 0 atom stereocenters. The Labute approximate surface area is 125 Å². The Morgan fingerprint density at radius 2 is 1.95 bits per heavy atom. The summed E-state index contributed by atoms with van der Waals surface area (Å²) in [6.45, 7) is 0. The second kappa shape index (κ2) is 4.54. The Morgan fingerprint density at radius 1 is 1.16 bits per heavy atom. The quantitative estimate of drug-likeness (QED) is 0.556. The summed E-state index contributed by atoms with van der Waals surface area (Å²) in [4.78, 5) is 7.63. The van der Waals surface area contributed by atoms with Gasteiger partial charge in [0.05, 0.1) is 16.7 Å². The zero-order chi connectivity index (χ0) is 13.6. The van der Waals surface area contributed by atoms with Crippen LogP contribution < -0.4 is 5.73 Å². The van der Waals surface area contributed by atoms with Crippen molar-refractivity contribution in [2.45, 2.75) is 0 Å². The van der Waals surface area contributed by atoms with Crippen molar-refractivity contribution in [1.82, 2.24) is 9.97 Å². The van der Waals surface area contributed by atoms with E-state index < -0.39 is 0 Å². The van der Waals surface area contributed by atoms with Crippen molar-refractivity contribution in [2.75, 3.05) is 5.73 Å². The number of nitrogens with zero attached hydrogens (tertiary/aromatic N) is 1. The number of halogens is 2. The molecule has 0 aliphatic rings. The molecule has 96 valence electrons. The molecular weight excluding hydrogens is 374 g/mol. The number of phenolic OH excluding ortho intramolecular Hbond substituents is 1. The number of aromatic hydroxyl groups is 1. The van der Waals surface area contributed by atoms with Gasteiger partial charge in [-0.1, -0.05) is 15.9 Å². The minimum Gasteiger partial charge on any atom is -0.508 e. The van der Waals surface area contributed by atoms with Crippen LogP contribution in [0.25, 0.3) is 22.4 Å².